The van der Waals surface area contributed by atoms with Crippen molar-refractivity contribution < 1.29 is 9.53 Å². The molecule has 2 saturated heterocycles. The summed E-state index contributed by atoms with van der Waals surface area (Å²) < 4.78 is 5.09. The van der Waals surface area contributed by atoms with Crippen LogP contribution in [-0.4, -0.2) is 117 Å². The van der Waals surface area contributed by atoms with Gasteiger partial charge in [-0.25, -0.2) is 4.79 Å². The molecule has 156 valence electrons. The second kappa shape index (κ2) is 12.0. The Kier molecular flexibility index (Phi) is 9.69. The SMILES string of the molecule is CCNC(=NCCCN1CCCN(C)CC1)N1CCN(C(=O)OCC)CC1. The monoisotopic (exact) mass is 382 g/mol. The van der Waals surface area contributed by atoms with Crippen LogP contribution in [0.1, 0.15) is 26.7 Å². The highest BCUT2D eigenvalue weighted by Gasteiger charge is 2.23. The van der Waals surface area contributed by atoms with Crippen molar-refractivity contribution in [1.29, 1.82) is 0 Å². The van der Waals surface area contributed by atoms with E-state index in [2.05, 4.69) is 34.0 Å². The molecule has 0 radical (unpaired) electrons. The molecule has 0 unspecified atom stereocenters. The number of likely N-dealkylation sites (N-methyl/N-ethyl adjacent to an activating group) is 1. The average molecular weight is 383 g/mol. The molecule has 1 amide bonds. The van der Waals surface area contributed by atoms with Gasteiger partial charge in [0.2, 0.25) is 0 Å². The van der Waals surface area contributed by atoms with E-state index in [4.69, 9.17) is 9.73 Å². The average Bonchev–Trinajstić information content (AvgIpc) is 2.89. The molecule has 2 aliphatic heterocycles. The largest absolute Gasteiger partial charge is 0.450 e. The van der Waals surface area contributed by atoms with Gasteiger partial charge in [0.15, 0.2) is 5.96 Å². The van der Waals surface area contributed by atoms with Crippen LogP contribution >= 0.6 is 0 Å². The number of carbonyl (C=O) groups excluding carboxylic acids is 1. The van der Waals surface area contributed by atoms with Gasteiger partial charge in [0.1, 0.15) is 0 Å². The van der Waals surface area contributed by atoms with Gasteiger partial charge in [-0.1, -0.05) is 0 Å². The molecule has 2 rings (SSSR count). The number of hydrogen-bond donors (Lipinski definition) is 1. The van der Waals surface area contributed by atoms with Crippen LogP contribution in [0.2, 0.25) is 0 Å². The first-order chi connectivity index (χ1) is 13.1. The zero-order chi connectivity index (χ0) is 19.5. The maximum Gasteiger partial charge on any atom is 0.409 e. The second-order valence-electron chi connectivity index (χ2n) is 7.26. The molecule has 0 aromatic rings. The number of guanidine groups is 1. The van der Waals surface area contributed by atoms with Crippen molar-refractivity contribution in [3.05, 3.63) is 0 Å². The van der Waals surface area contributed by atoms with Crippen molar-refractivity contribution in [1.82, 2.24) is 24.9 Å². The molecule has 0 atom stereocenters. The second-order valence-corrected chi connectivity index (χ2v) is 7.26. The number of ether oxygens (including phenoxy) is 1. The van der Waals surface area contributed by atoms with Gasteiger partial charge >= 0.3 is 6.09 Å². The zero-order valence-electron chi connectivity index (χ0n) is 17.5. The molecule has 2 fully saturated rings. The summed E-state index contributed by atoms with van der Waals surface area (Å²) >= 11 is 0. The molecule has 8 nitrogen and oxygen atoms in total. The van der Waals surface area contributed by atoms with Gasteiger partial charge < -0.3 is 29.7 Å². The Balaban J connectivity index is 1.74. The van der Waals surface area contributed by atoms with Gasteiger partial charge in [0, 0.05) is 52.4 Å². The van der Waals surface area contributed by atoms with E-state index in [-0.39, 0.29) is 6.09 Å². The summed E-state index contributed by atoms with van der Waals surface area (Å²) in [4.78, 5) is 25.7. The van der Waals surface area contributed by atoms with Gasteiger partial charge in [0.05, 0.1) is 6.61 Å². The fourth-order valence-corrected chi connectivity index (χ4v) is 3.54. The van der Waals surface area contributed by atoms with Crippen molar-refractivity contribution in [2.45, 2.75) is 26.7 Å². The predicted octanol–water partition coefficient (Wildman–Crippen LogP) is 0.754. The number of piperazine rings is 1. The molecule has 2 heterocycles. The predicted molar refractivity (Wildman–Crippen MR) is 109 cm³/mol. The standard InChI is InChI=1S/C19H38N6O2/c1-4-20-18(24-14-16-25(17-15-24)19(26)27-5-2)21-8-6-10-23-11-7-9-22(3)12-13-23/h4-17H2,1-3H3,(H,20,21). The van der Waals surface area contributed by atoms with Crippen molar-refractivity contribution in [3.63, 3.8) is 0 Å². The topological polar surface area (TPSA) is 63.7 Å². The highest BCUT2D eigenvalue weighted by molar-refractivity contribution is 5.80. The number of nitrogens with zero attached hydrogens (tertiary/aromatic N) is 5. The summed E-state index contributed by atoms with van der Waals surface area (Å²) in [6, 6.07) is 0. The van der Waals surface area contributed by atoms with Crippen molar-refractivity contribution in [3.8, 4) is 0 Å². The summed E-state index contributed by atoms with van der Waals surface area (Å²) in [5.74, 6) is 0.969. The Hall–Kier alpha value is -1.54. The number of aliphatic imine (C=N–C) groups is 1. The van der Waals surface area contributed by atoms with Crippen LogP contribution in [0.15, 0.2) is 4.99 Å². The maximum atomic E-state index is 11.8. The normalized spacial score (nSPS) is 20.5. The fourth-order valence-electron chi connectivity index (χ4n) is 3.54. The van der Waals surface area contributed by atoms with E-state index in [0.717, 1.165) is 58.2 Å². The van der Waals surface area contributed by atoms with Crippen molar-refractivity contribution in [2.24, 2.45) is 4.99 Å². The molecule has 2 aliphatic rings. The maximum absolute atomic E-state index is 11.8. The number of rotatable bonds is 6. The van der Waals surface area contributed by atoms with Gasteiger partial charge in [0.25, 0.3) is 0 Å². The first-order valence-corrected chi connectivity index (χ1v) is 10.5. The van der Waals surface area contributed by atoms with E-state index >= 15 is 0 Å². The minimum Gasteiger partial charge on any atom is -0.450 e. The third-order valence-corrected chi connectivity index (χ3v) is 5.15. The Labute approximate surface area is 164 Å². The lowest BCUT2D eigenvalue weighted by atomic mass is 10.3. The van der Waals surface area contributed by atoms with Crippen LogP contribution in [0.4, 0.5) is 4.79 Å². The van der Waals surface area contributed by atoms with Crippen molar-refractivity contribution in [2.75, 3.05) is 85.6 Å². The van der Waals surface area contributed by atoms with Gasteiger partial charge in [-0.15, -0.1) is 0 Å². The van der Waals surface area contributed by atoms with Crippen LogP contribution in [0.3, 0.4) is 0 Å². The van der Waals surface area contributed by atoms with E-state index in [0.29, 0.717) is 19.7 Å². The third kappa shape index (κ3) is 7.54. The minimum atomic E-state index is -0.206. The van der Waals surface area contributed by atoms with Crippen molar-refractivity contribution >= 4 is 12.1 Å². The van der Waals surface area contributed by atoms with E-state index in [1.54, 1.807) is 4.90 Å². The van der Waals surface area contributed by atoms with Crippen LogP contribution in [-0.2, 0) is 4.74 Å². The molecular weight excluding hydrogens is 344 g/mol. The van der Waals surface area contributed by atoms with Gasteiger partial charge in [-0.2, -0.15) is 0 Å². The first-order valence-electron chi connectivity index (χ1n) is 10.5. The summed E-state index contributed by atoms with van der Waals surface area (Å²) in [6.07, 6.45) is 2.14. The van der Waals surface area contributed by atoms with Gasteiger partial charge in [-0.3, -0.25) is 4.99 Å². The fraction of sp³-hybridized carbons (Fsp3) is 0.895. The number of amides is 1. The number of nitrogens with one attached hydrogen (secondary N) is 1. The third-order valence-electron chi connectivity index (χ3n) is 5.15. The summed E-state index contributed by atoms with van der Waals surface area (Å²) in [6.45, 7) is 14.9. The minimum absolute atomic E-state index is 0.206. The Bertz CT molecular complexity index is 465. The molecule has 27 heavy (non-hydrogen) atoms. The highest BCUT2D eigenvalue weighted by atomic mass is 16.6. The lowest BCUT2D eigenvalue weighted by Gasteiger charge is -2.36. The first kappa shape index (κ1) is 21.8. The summed E-state index contributed by atoms with van der Waals surface area (Å²) in [5.41, 5.74) is 0. The Morgan fingerprint density at radius 3 is 2.44 bits per heavy atom. The summed E-state index contributed by atoms with van der Waals surface area (Å²) in [5, 5.41) is 3.40. The molecule has 0 spiro atoms. The lowest BCUT2D eigenvalue weighted by molar-refractivity contribution is 0.0914. The van der Waals surface area contributed by atoms with Crippen LogP contribution in [0.25, 0.3) is 0 Å². The smallest absolute Gasteiger partial charge is 0.409 e. The van der Waals surface area contributed by atoms with E-state index in [1.807, 2.05) is 6.92 Å². The Morgan fingerprint density at radius 2 is 1.74 bits per heavy atom. The highest BCUT2D eigenvalue weighted by Crippen LogP contribution is 2.05. The molecule has 0 aromatic carbocycles. The molecule has 8 heteroatoms. The van der Waals surface area contributed by atoms with Gasteiger partial charge in [-0.05, 0) is 53.4 Å². The zero-order valence-corrected chi connectivity index (χ0v) is 17.5. The molecule has 0 saturated carbocycles. The Morgan fingerprint density at radius 1 is 1.00 bits per heavy atom. The number of hydrogen-bond acceptors (Lipinski definition) is 5. The van der Waals surface area contributed by atoms with Crippen LogP contribution in [0.5, 0.6) is 0 Å². The van der Waals surface area contributed by atoms with E-state index in [9.17, 15) is 4.79 Å². The molecule has 0 aliphatic carbocycles. The number of carbonyl (C=O) groups is 1. The van der Waals surface area contributed by atoms with E-state index < -0.39 is 0 Å². The molecule has 1 N–H and O–H groups in total. The van der Waals surface area contributed by atoms with Crippen LogP contribution < -0.4 is 5.32 Å². The summed E-state index contributed by atoms with van der Waals surface area (Å²) in [7, 11) is 2.21. The molecule has 0 bridgehead atoms. The molecular formula is C19H38N6O2. The quantitative estimate of drug-likeness (QED) is 0.416. The lowest BCUT2D eigenvalue weighted by Crippen LogP contribution is -2.54. The van der Waals surface area contributed by atoms with E-state index in [1.165, 1.54) is 19.5 Å². The molecule has 0 aromatic heterocycles. The van der Waals surface area contributed by atoms with Crippen LogP contribution in [0, 0.1) is 0 Å².